The van der Waals surface area contributed by atoms with Crippen LogP contribution < -0.4 is 5.32 Å². The molecule has 0 aliphatic heterocycles. The Labute approximate surface area is 126 Å². The summed E-state index contributed by atoms with van der Waals surface area (Å²) < 4.78 is 0. The SMILES string of the molecule is CC.CCCC(C)(C)Cc1cccc(O)c1.CCNC. The second-order valence-corrected chi connectivity index (χ2v) is 5.47. The molecule has 1 aromatic rings. The number of nitrogens with one attached hydrogen (secondary N) is 1. The Bertz CT molecular complexity index is 319. The van der Waals surface area contributed by atoms with Crippen molar-refractivity contribution >= 4 is 0 Å². The third-order valence-corrected chi connectivity index (χ3v) is 2.87. The fourth-order valence-electron chi connectivity index (χ4n) is 1.98. The van der Waals surface area contributed by atoms with Gasteiger partial charge < -0.3 is 10.4 Å². The van der Waals surface area contributed by atoms with Crippen LogP contribution in [0.2, 0.25) is 0 Å². The van der Waals surface area contributed by atoms with E-state index >= 15 is 0 Å². The smallest absolute Gasteiger partial charge is 0.115 e. The van der Waals surface area contributed by atoms with Gasteiger partial charge in [0.2, 0.25) is 0 Å². The van der Waals surface area contributed by atoms with Crippen molar-refractivity contribution in [2.24, 2.45) is 5.41 Å². The number of rotatable bonds is 5. The van der Waals surface area contributed by atoms with Crippen LogP contribution in [-0.4, -0.2) is 18.7 Å². The molecule has 0 spiro atoms. The van der Waals surface area contributed by atoms with Gasteiger partial charge in [-0.1, -0.05) is 60.1 Å². The summed E-state index contributed by atoms with van der Waals surface area (Å²) in [4.78, 5) is 0. The van der Waals surface area contributed by atoms with Crippen LogP contribution in [0.15, 0.2) is 24.3 Å². The van der Waals surface area contributed by atoms with E-state index in [2.05, 4.69) is 39.1 Å². The lowest BCUT2D eigenvalue weighted by atomic mass is 9.82. The van der Waals surface area contributed by atoms with Gasteiger partial charge in [0.15, 0.2) is 0 Å². The predicted octanol–water partition coefficient (Wildman–Crippen LogP) is 5.01. The topological polar surface area (TPSA) is 32.3 Å². The summed E-state index contributed by atoms with van der Waals surface area (Å²) in [5.41, 5.74) is 1.56. The minimum Gasteiger partial charge on any atom is -0.508 e. The molecule has 0 unspecified atom stereocenters. The molecule has 0 radical (unpaired) electrons. The van der Waals surface area contributed by atoms with E-state index in [0.717, 1.165) is 13.0 Å². The van der Waals surface area contributed by atoms with Crippen molar-refractivity contribution in [3.63, 3.8) is 0 Å². The zero-order chi connectivity index (χ0) is 16.0. The van der Waals surface area contributed by atoms with Crippen LogP contribution >= 0.6 is 0 Å². The van der Waals surface area contributed by atoms with E-state index in [-0.39, 0.29) is 0 Å². The maximum absolute atomic E-state index is 9.34. The summed E-state index contributed by atoms with van der Waals surface area (Å²) in [5.74, 6) is 0.370. The maximum atomic E-state index is 9.34. The number of hydrogen-bond donors (Lipinski definition) is 2. The zero-order valence-corrected chi connectivity index (χ0v) is 14.6. The van der Waals surface area contributed by atoms with E-state index in [1.807, 2.05) is 33.0 Å². The second kappa shape index (κ2) is 13.0. The van der Waals surface area contributed by atoms with Gasteiger partial charge in [-0.3, -0.25) is 0 Å². The second-order valence-electron chi connectivity index (χ2n) is 5.47. The summed E-state index contributed by atoms with van der Waals surface area (Å²) in [6.07, 6.45) is 3.48. The standard InChI is InChI=1S/C13H20O.C3H9N.C2H6/c1-4-8-13(2,3)10-11-6-5-7-12(14)9-11;1-3-4-2;1-2/h5-7,9,14H,4,8,10H2,1-3H3;4H,3H2,1-2H3;1-2H3. The molecule has 20 heavy (non-hydrogen) atoms. The van der Waals surface area contributed by atoms with Crippen molar-refractivity contribution in [2.75, 3.05) is 13.6 Å². The van der Waals surface area contributed by atoms with Gasteiger partial charge >= 0.3 is 0 Å². The van der Waals surface area contributed by atoms with Crippen molar-refractivity contribution in [3.8, 4) is 5.75 Å². The van der Waals surface area contributed by atoms with Gasteiger partial charge in [-0.15, -0.1) is 0 Å². The molecule has 2 N–H and O–H groups in total. The number of aromatic hydroxyl groups is 1. The van der Waals surface area contributed by atoms with Gasteiger partial charge in [0.25, 0.3) is 0 Å². The third-order valence-electron chi connectivity index (χ3n) is 2.87. The molecule has 1 aromatic carbocycles. The molecule has 0 saturated carbocycles. The zero-order valence-electron chi connectivity index (χ0n) is 14.6. The van der Waals surface area contributed by atoms with Crippen LogP contribution in [0.5, 0.6) is 5.75 Å². The molecule has 0 fully saturated rings. The van der Waals surface area contributed by atoms with Gasteiger partial charge in [-0.05, 0) is 49.5 Å². The highest BCUT2D eigenvalue weighted by Gasteiger charge is 2.17. The van der Waals surface area contributed by atoms with Crippen molar-refractivity contribution in [1.82, 2.24) is 5.32 Å². The predicted molar refractivity (Wildman–Crippen MR) is 91.4 cm³/mol. The molecule has 0 saturated heterocycles. The van der Waals surface area contributed by atoms with Crippen LogP contribution in [0, 0.1) is 5.41 Å². The van der Waals surface area contributed by atoms with E-state index in [1.165, 1.54) is 18.4 Å². The number of phenolic OH excluding ortho intramolecular Hbond substituents is 1. The molecule has 0 aliphatic rings. The molecule has 1 rings (SSSR count). The van der Waals surface area contributed by atoms with Gasteiger partial charge in [0.1, 0.15) is 5.75 Å². The lowest BCUT2D eigenvalue weighted by Crippen LogP contribution is -2.14. The molecule has 0 amide bonds. The van der Waals surface area contributed by atoms with E-state index in [0.29, 0.717) is 11.2 Å². The molecule has 0 heterocycles. The minimum atomic E-state index is 0.336. The van der Waals surface area contributed by atoms with Crippen molar-refractivity contribution < 1.29 is 5.11 Å². The minimum absolute atomic E-state index is 0.336. The summed E-state index contributed by atoms with van der Waals surface area (Å²) in [6, 6.07) is 7.57. The Kier molecular flexibility index (Phi) is 13.8. The van der Waals surface area contributed by atoms with Gasteiger partial charge in [-0.25, -0.2) is 0 Å². The summed E-state index contributed by atoms with van der Waals surface area (Å²) >= 11 is 0. The van der Waals surface area contributed by atoms with Crippen LogP contribution in [0.3, 0.4) is 0 Å². The maximum Gasteiger partial charge on any atom is 0.115 e. The summed E-state index contributed by atoms with van der Waals surface area (Å²) in [5, 5.41) is 12.3. The number of hydrogen-bond acceptors (Lipinski definition) is 2. The molecule has 0 atom stereocenters. The first-order valence-corrected chi connectivity index (χ1v) is 7.87. The first kappa shape index (κ1) is 21.3. The fourth-order valence-corrected chi connectivity index (χ4v) is 1.98. The highest BCUT2D eigenvalue weighted by Crippen LogP contribution is 2.28. The third kappa shape index (κ3) is 12.0. The highest BCUT2D eigenvalue weighted by atomic mass is 16.3. The van der Waals surface area contributed by atoms with E-state index in [4.69, 9.17) is 0 Å². The van der Waals surface area contributed by atoms with Crippen LogP contribution in [0.25, 0.3) is 0 Å². The van der Waals surface area contributed by atoms with Gasteiger partial charge in [0.05, 0.1) is 0 Å². The number of phenols is 1. The Hall–Kier alpha value is -1.02. The van der Waals surface area contributed by atoms with Crippen molar-refractivity contribution in [1.29, 1.82) is 0 Å². The largest absolute Gasteiger partial charge is 0.508 e. The van der Waals surface area contributed by atoms with Crippen molar-refractivity contribution in [2.45, 2.75) is 60.8 Å². The molecule has 2 heteroatoms. The molecule has 0 aliphatic carbocycles. The first-order valence-electron chi connectivity index (χ1n) is 7.87. The normalized spacial score (nSPS) is 9.95. The Morgan fingerprint density at radius 2 is 1.70 bits per heavy atom. The average molecular weight is 281 g/mol. The molecule has 0 aromatic heterocycles. The number of benzene rings is 1. The van der Waals surface area contributed by atoms with E-state index in [1.54, 1.807) is 6.07 Å². The van der Waals surface area contributed by atoms with E-state index < -0.39 is 0 Å². The van der Waals surface area contributed by atoms with E-state index in [9.17, 15) is 5.11 Å². The monoisotopic (exact) mass is 281 g/mol. The Morgan fingerprint density at radius 1 is 1.15 bits per heavy atom. The van der Waals surface area contributed by atoms with Crippen LogP contribution in [0.1, 0.15) is 59.9 Å². The Morgan fingerprint density at radius 3 is 2.10 bits per heavy atom. The molecule has 118 valence electrons. The quantitative estimate of drug-likeness (QED) is 0.795. The summed E-state index contributed by atoms with van der Waals surface area (Å²) in [6.45, 7) is 13.9. The Balaban J connectivity index is 0. The van der Waals surface area contributed by atoms with Crippen LogP contribution in [0.4, 0.5) is 0 Å². The molecule has 2 nitrogen and oxygen atoms in total. The first-order chi connectivity index (χ1) is 9.45. The lowest BCUT2D eigenvalue weighted by Gasteiger charge is -2.24. The summed E-state index contributed by atoms with van der Waals surface area (Å²) in [7, 11) is 1.93. The fraction of sp³-hybridized carbons (Fsp3) is 0.667. The average Bonchev–Trinajstić information content (AvgIpc) is 2.40. The van der Waals surface area contributed by atoms with Crippen LogP contribution in [-0.2, 0) is 6.42 Å². The van der Waals surface area contributed by atoms with Crippen molar-refractivity contribution in [3.05, 3.63) is 29.8 Å². The van der Waals surface area contributed by atoms with Gasteiger partial charge in [0, 0.05) is 0 Å². The lowest BCUT2D eigenvalue weighted by molar-refractivity contribution is 0.328. The molecular weight excluding hydrogens is 246 g/mol. The van der Waals surface area contributed by atoms with Gasteiger partial charge in [-0.2, -0.15) is 0 Å². The highest BCUT2D eigenvalue weighted by molar-refractivity contribution is 5.27. The molecule has 0 bridgehead atoms. The molecular formula is C18H35NO.